The van der Waals surface area contributed by atoms with Gasteiger partial charge in [0.15, 0.2) is 0 Å². The third-order valence-electron chi connectivity index (χ3n) is 3.66. The van der Waals surface area contributed by atoms with Crippen LogP contribution in [-0.4, -0.2) is 48.4 Å². The summed E-state index contributed by atoms with van der Waals surface area (Å²) in [5.41, 5.74) is 1.17. The van der Waals surface area contributed by atoms with Crippen molar-refractivity contribution in [3.63, 3.8) is 0 Å². The molecule has 20 heavy (non-hydrogen) atoms. The zero-order valence-corrected chi connectivity index (χ0v) is 13.1. The summed E-state index contributed by atoms with van der Waals surface area (Å²) < 4.78 is 26.7. The van der Waals surface area contributed by atoms with Gasteiger partial charge in [-0.15, -0.1) is 0 Å². The third kappa shape index (κ3) is 4.29. The molecule has 0 aromatic carbocycles. The van der Waals surface area contributed by atoms with E-state index < -0.39 is 10.0 Å². The minimum absolute atomic E-state index is 0.352. The van der Waals surface area contributed by atoms with Gasteiger partial charge >= 0.3 is 0 Å². The monoisotopic (exact) mass is 300 g/mol. The van der Waals surface area contributed by atoms with Crippen molar-refractivity contribution in [3.05, 3.63) is 18.0 Å². The van der Waals surface area contributed by atoms with Crippen LogP contribution in [0.3, 0.4) is 0 Å². The van der Waals surface area contributed by atoms with Crippen LogP contribution in [0.2, 0.25) is 0 Å². The van der Waals surface area contributed by atoms with Gasteiger partial charge in [0, 0.05) is 37.9 Å². The molecule has 2 heterocycles. The van der Waals surface area contributed by atoms with Crippen LogP contribution in [0.4, 0.5) is 0 Å². The molecule has 114 valence electrons. The Morgan fingerprint density at radius 2 is 2.30 bits per heavy atom. The van der Waals surface area contributed by atoms with Gasteiger partial charge in [-0.25, -0.2) is 12.7 Å². The molecule has 7 heteroatoms. The van der Waals surface area contributed by atoms with Crippen LogP contribution in [0, 0.1) is 5.92 Å². The molecule has 0 aliphatic carbocycles. The van der Waals surface area contributed by atoms with E-state index in [1.54, 1.807) is 4.31 Å². The quantitative estimate of drug-likeness (QED) is 0.838. The van der Waals surface area contributed by atoms with Crippen LogP contribution < -0.4 is 5.32 Å². The molecule has 1 aromatic rings. The fourth-order valence-corrected chi connectivity index (χ4v) is 3.55. The molecule has 1 unspecified atom stereocenters. The number of hydrogen-bond acceptors (Lipinski definition) is 4. The predicted octanol–water partition coefficient (Wildman–Crippen LogP) is 0.664. The lowest BCUT2D eigenvalue weighted by Crippen LogP contribution is -2.40. The van der Waals surface area contributed by atoms with Gasteiger partial charge in [0.25, 0.3) is 0 Å². The second-order valence-electron chi connectivity index (χ2n) is 5.48. The summed E-state index contributed by atoms with van der Waals surface area (Å²) in [5, 5.41) is 7.63. The van der Waals surface area contributed by atoms with Gasteiger partial charge < -0.3 is 5.32 Å². The molecule has 1 saturated heterocycles. The third-order valence-corrected chi connectivity index (χ3v) is 4.93. The minimum Gasteiger partial charge on any atom is -0.313 e. The molecular weight excluding hydrogens is 276 g/mol. The second kappa shape index (κ2) is 6.69. The van der Waals surface area contributed by atoms with E-state index in [1.807, 2.05) is 17.1 Å². The summed E-state index contributed by atoms with van der Waals surface area (Å²) in [5.74, 6) is 0.352. The highest BCUT2D eigenvalue weighted by Crippen LogP contribution is 2.20. The molecule has 0 spiro atoms. The molecule has 1 fully saturated rings. The largest absolute Gasteiger partial charge is 0.313 e. The van der Waals surface area contributed by atoms with E-state index in [2.05, 4.69) is 17.3 Å². The van der Waals surface area contributed by atoms with Gasteiger partial charge in [0.05, 0.1) is 12.5 Å². The van der Waals surface area contributed by atoms with Crippen molar-refractivity contribution in [2.24, 2.45) is 5.92 Å². The average Bonchev–Trinajstić information content (AvgIpc) is 2.83. The topological polar surface area (TPSA) is 67.2 Å². The van der Waals surface area contributed by atoms with Crippen molar-refractivity contribution in [2.75, 3.05) is 25.9 Å². The molecule has 0 saturated carbocycles. The van der Waals surface area contributed by atoms with Crippen LogP contribution in [0.1, 0.15) is 25.3 Å². The van der Waals surface area contributed by atoms with E-state index >= 15 is 0 Å². The maximum absolute atomic E-state index is 11.6. The van der Waals surface area contributed by atoms with Crippen LogP contribution in [0.5, 0.6) is 0 Å². The maximum Gasteiger partial charge on any atom is 0.211 e. The van der Waals surface area contributed by atoms with E-state index in [-0.39, 0.29) is 0 Å². The van der Waals surface area contributed by atoms with Gasteiger partial charge in [0.2, 0.25) is 10.0 Å². The van der Waals surface area contributed by atoms with Crippen LogP contribution >= 0.6 is 0 Å². The Balaban J connectivity index is 1.91. The standard InChI is InChI=1S/C13H24N4O2S/c1-3-14-7-13-8-15-16(10-13)9-12-5-4-6-17(11-12)20(2,18)19/h8,10,12,14H,3-7,9,11H2,1-2H3. The molecule has 0 amide bonds. The Labute approximate surface area is 121 Å². The Morgan fingerprint density at radius 3 is 3.00 bits per heavy atom. The normalized spacial score (nSPS) is 21.2. The fourth-order valence-electron chi connectivity index (χ4n) is 2.61. The highest BCUT2D eigenvalue weighted by Gasteiger charge is 2.26. The van der Waals surface area contributed by atoms with Crippen molar-refractivity contribution in [1.29, 1.82) is 0 Å². The Morgan fingerprint density at radius 1 is 1.50 bits per heavy atom. The Hall–Kier alpha value is -0.920. The van der Waals surface area contributed by atoms with Gasteiger partial charge in [-0.05, 0) is 25.3 Å². The maximum atomic E-state index is 11.6. The predicted molar refractivity (Wildman–Crippen MR) is 78.7 cm³/mol. The lowest BCUT2D eigenvalue weighted by atomic mass is 10.00. The van der Waals surface area contributed by atoms with Crippen LogP contribution in [0.15, 0.2) is 12.4 Å². The summed E-state index contributed by atoms with van der Waals surface area (Å²) >= 11 is 0. The van der Waals surface area contributed by atoms with Crippen LogP contribution in [0.25, 0.3) is 0 Å². The molecule has 1 aliphatic heterocycles. The zero-order chi connectivity index (χ0) is 14.6. The van der Waals surface area contributed by atoms with Crippen molar-refractivity contribution < 1.29 is 8.42 Å². The van der Waals surface area contributed by atoms with E-state index in [4.69, 9.17) is 0 Å². The van der Waals surface area contributed by atoms with E-state index in [1.165, 1.54) is 11.8 Å². The number of nitrogens with one attached hydrogen (secondary N) is 1. The van der Waals surface area contributed by atoms with Crippen molar-refractivity contribution in [2.45, 2.75) is 32.9 Å². The van der Waals surface area contributed by atoms with E-state index in [0.717, 1.165) is 32.5 Å². The first kappa shape index (κ1) is 15.5. The Kier molecular flexibility index (Phi) is 5.17. The van der Waals surface area contributed by atoms with Crippen molar-refractivity contribution >= 4 is 10.0 Å². The van der Waals surface area contributed by atoms with Gasteiger partial charge in [-0.2, -0.15) is 5.10 Å². The molecule has 1 aromatic heterocycles. The number of hydrogen-bond donors (Lipinski definition) is 1. The summed E-state index contributed by atoms with van der Waals surface area (Å²) in [6.45, 7) is 5.90. The minimum atomic E-state index is -3.06. The van der Waals surface area contributed by atoms with Crippen LogP contribution in [-0.2, 0) is 23.1 Å². The molecule has 0 radical (unpaired) electrons. The summed E-state index contributed by atoms with van der Waals surface area (Å²) in [7, 11) is -3.06. The number of piperidine rings is 1. The molecule has 1 aliphatic rings. The molecule has 1 N–H and O–H groups in total. The van der Waals surface area contributed by atoms with Gasteiger partial charge in [-0.3, -0.25) is 4.68 Å². The van der Waals surface area contributed by atoms with Crippen molar-refractivity contribution in [3.8, 4) is 0 Å². The smallest absolute Gasteiger partial charge is 0.211 e. The molecule has 6 nitrogen and oxygen atoms in total. The zero-order valence-electron chi connectivity index (χ0n) is 12.2. The summed E-state index contributed by atoms with van der Waals surface area (Å²) in [6, 6.07) is 0. The SMILES string of the molecule is CCNCc1cnn(CC2CCCN(S(C)(=O)=O)C2)c1. The highest BCUT2D eigenvalue weighted by atomic mass is 32.2. The molecule has 1 atom stereocenters. The Bertz CT molecular complexity index is 526. The lowest BCUT2D eigenvalue weighted by Gasteiger charge is -2.30. The first-order chi connectivity index (χ1) is 9.49. The molecule has 2 rings (SSSR count). The fraction of sp³-hybridized carbons (Fsp3) is 0.769. The number of rotatable bonds is 6. The molecular formula is C13H24N4O2S. The number of nitrogens with zero attached hydrogens (tertiary/aromatic N) is 3. The van der Waals surface area contributed by atoms with Crippen molar-refractivity contribution in [1.82, 2.24) is 19.4 Å². The summed E-state index contributed by atoms with van der Waals surface area (Å²) in [4.78, 5) is 0. The first-order valence-corrected chi connectivity index (χ1v) is 9.01. The summed E-state index contributed by atoms with van der Waals surface area (Å²) in [6.07, 6.45) is 7.21. The van der Waals surface area contributed by atoms with E-state index in [0.29, 0.717) is 19.0 Å². The van der Waals surface area contributed by atoms with E-state index in [9.17, 15) is 8.42 Å². The average molecular weight is 300 g/mol. The number of sulfonamides is 1. The van der Waals surface area contributed by atoms with Gasteiger partial charge in [0.1, 0.15) is 0 Å². The number of aromatic nitrogens is 2. The lowest BCUT2D eigenvalue weighted by molar-refractivity contribution is 0.240. The first-order valence-electron chi connectivity index (χ1n) is 7.16. The molecule has 0 bridgehead atoms. The second-order valence-corrected chi connectivity index (χ2v) is 7.46. The highest BCUT2D eigenvalue weighted by molar-refractivity contribution is 7.88. The van der Waals surface area contributed by atoms with Gasteiger partial charge in [-0.1, -0.05) is 6.92 Å².